The smallest absolute Gasteiger partial charge is 0.325 e. The maximum atomic E-state index is 10.5. The van der Waals surface area contributed by atoms with Gasteiger partial charge in [-0.1, -0.05) is 19.1 Å². The molecule has 0 unspecified atom stereocenters. The van der Waals surface area contributed by atoms with E-state index in [-0.39, 0.29) is 6.54 Å². The van der Waals surface area contributed by atoms with Crippen LogP contribution >= 0.6 is 0 Å². The predicted molar refractivity (Wildman–Crippen MR) is 65.9 cm³/mol. The van der Waals surface area contributed by atoms with Gasteiger partial charge in [-0.25, -0.2) is 4.68 Å². The summed E-state index contributed by atoms with van der Waals surface area (Å²) in [5.41, 5.74) is 1.33. The Morgan fingerprint density at radius 2 is 2.11 bits per heavy atom. The molecule has 6 nitrogen and oxygen atoms in total. The van der Waals surface area contributed by atoms with E-state index < -0.39 is 5.97 Å². The lowest BCUT2D eigenvalue weighted by Gasteiger charge is -2.49. The first-order valence-electron chi connectivity index (χ1n) is 6.40. The van der Waals surface area contributed by atoms with E-state index in [1.54, 1.807) is 6.20 Å². The van der Waals surface area contributed by atoms with Gasteiger partial charge in [-0.15, -0.1) is 5.10 Å². The van der Waals surface area contributed by atoms with E-state index in [4.69, 9.17) is 5.11 Å². The molecule has 0 saturated carbocycles. The number of likely N-dealkylation sites (tertiary alicyclic amines) is 1. The van der Waals surface area contributed by atoms with Crippen LogP contribution in [0, 0.1) is 5.41 Å². The first kappa shape index (κ1) is 13.0. The molecule has 0 amide bonds. The van der Waals surface area contributed by atoms with Crippen LogP contribution in [0.2, 0.25) is 0 Å². The average Bonchev–Trinajstić information content (AvgIpc) is 2.69. The Bertz CT molecular complexity index is 417. The van der Waals surface area contributed by atoms with E-state index in [0.29, 0.717) is 5.41 Å². The van der Waals surface area contributed by atoms with Crippen molar-refractivity contribution in [2.24, 2.45) is 5.41 Å². The first-order chi connectivity index (χ1) is 8.57. The number of carboxylic acid groups (broad SMARTS) is 1. The lowest BCUT2D eigenvalue weighted by Crippen LogP contribution is -2.54. The minimum absolute atomic E-state index is 0.124. The minimum atomic E-state index is -0.897. The molecule has 0 bridgehead atoms. The summed E-state index contributed by atoms with van der Waals surface area (Å²) in [4.78, 5) is 12.9. The van der Waals surface area contributed by atoms with Crippen molar-refractivity contribution < 1.29 is 9.90 Å². The van der Waals surface area contributed by atoms with Crippen LogP contribution in [0.5, 0.6) is 0 Å². The van der Waals surface area contributed by atoms with Crippen LogP contribution in [-0.2, 0) is 17.9 Å². The van der Waals surface area contributed by atoms with Gasteiger partial charge in [-0.3, -0.25) is 9.69 Å². The standard InChI is InChI=1S/C12H20N4O2/c1-3-12(4-2)8-15(9-12)5-10-6-16(14-13-10)7-11(17)18/h6H,3-5,7-9H2,1-2H3,(H,17,18). The Balaban J connectivity index is 1.85. The summed E-state index contributed by atoms with van der Waals surface area (Å²) in [7, 11) is 0. The highest BCUT2D eigenvalue weighted by Crippen LogP contribution is 2.37. The number of rotatable bonds is 6. The average molecular weight is 252 g/mol. The third-order valence-electron chi connectivity index (χ3n) is 3.89. The number of hydrogen-bond donors (Lipinski definition) is 1. The molecule has 18 heavy (non-hydrogen) atoms. The molecule has 0 spiro atoms. The third-order valence-corrected chi connectivity index (χ3v) is 3.89. The predicted octanol–water partition coefficient (Wildman–Crippen LogP) is 0.985. The summed E-state index contributed by atoms with van der Waals surface area (Å²) in [6.07, 6.45) is 4.14. The van der Waals surface area contributed by atoms with E-state index in [1.807, 2.05) is 0 Å². The Labute approximate surface area is 107 Å². The molecule has 1 fully saturated rings. The summed E-state index contributed by atoms with van der Waals surface area (Å²) in [5, 5.41) is 16.5. The Kier molecular flexibility index (Phi) is 3.65. The molecule has 0 aliphatic carbocycles. The normalized spacial score (nSPS) is 18.6. The van der Waals surface area contributed by atoms with Crippen molar-refractivity contribution in [1.82, 2.24) is 19.9 Å². The second-order valence-electron chi connectivity index (χ2n) is 5.15. The van der Waals surface area contributed by atoms with Crippen LogP contribution in [0.4, 0.5) is 0 Å². The number of carboxylic acids is 1. The highest BCUT2D eigenvalue weighted by Gasteiger charge is 2.39. The van der Waals surface area contributed by atoms with E-state index in [1.165, 1.54) is 17.5 Å². The van der Waals surface area contributed by atoms with Gasteiger partial charge in [0.05, 0.1) is 11.9 Å². The fraction of sp³-hybridized carbons (Fsp3) is 0.750. The monoisotopic (exact) mass is 252 g/mol. The second kappa shape index (κ2) is 5.06. The SMILES string of the molecule is CCC1(CC)CN(Cc2cn(CC(=O)O)nn2)C1. The van der Waals surface area contributed by atoms with Gasteiger partial charge in [0.2, 0.25) is 0 Å². The van der Waals surface area contributed by atoms with Gasteiger partial charge in [-0.2, -0.15) is 0 Å². The zero-order valence-electron chi connectivity index (χ0n) is 11.0. The summed E-state index contributed by atoms with van der Waals surface area (Å²) < 4.78 is 1.37. The molecule has 0 atom stereocenters. The van der Waals surface area contributed by atoms with E-state index in [2.05, 4.69) is 29.1 Å². The number of nitrogens with zero attached hydrogens (tertiary/aromatic N) is 4. The molecule has 0 aromatic carbocycles. The molecule has 2 rings (SSSR count). The Hall–Kier alpha value is -1.43. The number of hydrogen-bond acceptors (Lipinski definition) is 4. The second-order valence-corrected chi connectivity index (χ2v) is 5.15. The molecule has 2 heterocycles. The molecule has 1 saturated heterocycles. The van der Waals surface area contributed by atoms with Gasteiger partial charge in [0.1, 0.15) is 6.54 Å². The zero-order chi connectivity index (χ0) is 13.2. The lowest BCUT2D eigenvalue weighted by atomic mass is 9.75. The fourth-order valence-corrected chi connectivity index (χ4v) is 2.57. The van der Waals surface area contributed by atoms with Crippen LogP contribution in [0.3, 0.4) is 0 Å². The van der Waals surface area contributed by atoms with Crippen LogP contribution in [0.15, 0.2) is 6.20 Å². The highest BCUT2D eigenvalue weighted by molar-refractivity contribution is 5.66. The fourth-order valence-electron chi connectivity index (χ4n) is 2.57. The molecule has 1 aliphatic heterocycles. The van der Waals surface area contributed by atoms with Gasteiger partial charge in [-0.05, 0) is 18.3 Å². The highest BCUT2D eigenvalue weighted by atomic mass is 16.4. The van der Waals surface area contributed by atoms with E-state index >= 15 is 0 Å². The Morgan fingerprint density at radius 3 is 2.67 bits per heavy atom. The summed E-state index contributed by atoms with van der Waals surface area (Å²) in [6.45, 7) is 7.33. The third kappa shape index (κ3) is 2.69. The van der Waals surface area contributed by atoms with E-state index in [0.717, 1.165) is 25.3 Å². The molecule has 6 heteroatoms. The minimum Gasteiger partial charge on any atom is -0.480 e. The van der Waals surface area contributed by atoms with Crippen LogP contribution in [0.1, 0.15) is 32.4 Å². The first-order valence-corrected chi connectivity index (χ1v) is 6.40. The van der Waals surface area contributed by atoms with Crippen molar-refractivity contribution >= 4 is 5.97 Å². The maximum Gasteiger partial charge on any atom is 0.325 e. The molecule has 0 radical (unpaired) electrons. The van der Waals surface area contributed by atoms with Crippen molar-refractivity contribution in [2.45, 2.75) is 39.8 Å². The molecule has 100 valence electrons. The zero-order valence-corrected chi connectivity index (χ0v) is 11.0. The lowest BCUT2D eigenvalue weighted by molar-refractivity contribution is -0.137. The van der Waals surface area contributed by atoms with Crippen molar-refractivity contribution in [1.29, 1.82) is 0 Å². The number of carbonyl (C=O) groups is 1. The molecular weight excluding hydrogens is 232 g/mol. The van der Waals surface area contributed by atoms with Gasteiger partial charge < -0.3 is 5.11 Å². The number of aromatic nitrogens is 3. The summed E-state index contributed by atoms with van der Waals surface area (Å²) in [6, 6.07) is 0. The van der Waals surface area contributed by atoms with Gasteiger partial charge in [0, 0.05) is 19.6 Å². The largest absolute Gasteiger partial charge is 0.480 e. The van der Waals surface area contributed by atoms with Crippen molar-refractivity contribution in [3.8, 4) is 0 Å². The summed E-state index contributed by atoms with van der Waals surface area (Å²) in [5.74, 6) is -0.897. The molecule has 1 aliphatic rings. The van der Waals surface area contributed by atoms with Crippen molar-refractivity contribution in [3.05, 3.63) is 11.9 Å². The topological polar surface area (TPSA) is 71.2 Å². The number of aliphatic carboxylic acids is 1. The Morgan fingerprint density at radius 1 is 1.44 bits per heavy atom. The van der Waals surface area contributed by atoms with Crippen LogP contribution < -0.4 is 0 Å². The van der Waals surface area contributed by atoms with Gasteiger partial charge in [0.25, 0.3) is 0 Å². The molecule has 1 N–H and O–H groups in total. The quantitative estimate of drug-likeness (QED) is 0.817. The van der Waals surface area contributed by atoms with Gasteiger partial charge >= 0.3 is 5.97 Å². The molecule has 1 aromatic heterocycles. The van der Waals surface area contributed by atoms with Gasteiger partial charge in [0.15, 0.2) is 0 Å². The summed E-state index contributed by atoms with van der Waals surface area (Å²) >= 11 is 0. The van der Waals surface area contributed by atoms with Crippen molar-refractivity contribution in [3.63, 3.8) is 0 Å². The van der Waals surface area contributed by atoms with Crippen LogP contribution in [-0.4, -0.2) is 44.1 Å². The van der Waals surface area contributed by atoms with Crippen LogP contribution in [0.25, 0.3) is 0 Å². The van der Waals surface area contributed by atoms with Crippen molar-refractivity contribution in [2.75, 3.05) is 13.1 Å². The molecular formula is C12H20N4O2. The van der Waals surface area contributed by atoms with E-state index in [9.17, 15) is 4.79 Å². The maximum absolute atomic E-state index is 10.5. The molecule has 1 aromatic rings.